The molecule has 1 aliphatic heterocycles. The van der Waals surface area contributed by atoms with Crippen LogP contribution in [0.4, 0.5) is 0 Å². The van der Waals surface area contributed by atoms with Crippen LogP contribution >= 0.6 is 0 Å². The van der Waals surface area contributed by atoms with Gasteiger partial charge in [0.25, 0.3) is 0 Å². The number of nitrogens with one attached hydrogen (secondary N) is 1. The van der Waals surface area contributed by atoms with E-state index in [1.54, 1.807) is 6.08 Å². The van der Waals surface area contributed by atoms with Crippen LogP contribution in [-0.2, 0) is 23.8 Å². The number of aliphatic hydroxyl groups excluding tert-OH is 5. The Morgan fingerprint density at radius 2 is 0.826 bits per heavy atom. The normalized spacial score (nSPS) is 18.4. The third-order valence-corrected chi connectivity index (χ3v) is 16.4. The molecule has 86 heavy (non-hydrogen) atoms. The zero-order valence-corrected chi connectivity index (χ0v) is 55.3. The van der Waals surface area contributed by atoms with Gasteiger partial charge in [-0.15, -0.1) is 0 Å². The Labute approximate surface area is 527 Å². The number of allylic oxidation sites excluding steroid dienone is 13. The summed E-state index contributed by atoms with van der Waals surface area (Å²) < 4.78 is 16.7. The lowest BCUT2D eigenvalue weighted by Crippen LogP contribution is -2.60. The Morgan fingerprint density at radius 3 is 1.27 bits per heavy atom. The first-order valence-corrected chi connectivity index (χ1v) is 35.9. The second-order valence-electron chi connectivity index (χ2n) is 24.5. The summed E-state index contributed by atoms with van der Waals surface area (Å²) in [6.45, 7) is 4.18. The van der Waals surface area contributed by atoms with E-state index in [2.05, 4.69) is 92.1 Å². The molecule has 7 atom stereocenters. The van der Waals surface area contributed by atoms with Gasteiger partial charge in [0.1, 0.15) is 24.4 Å². The van der Waals surface area contributed by atoms with E-state index in [0.29, 0.717) is 19.4 Å². The summed E-state index contributed by atoms with van der Waals surface area (Å²) in [5.74, 6) is -0.202. The van der Waals surface area contributed by atoms with Gasteiger partial charge in [0.15, 0.2) is 6.29 Å². The molecule has 0 aromatic heterocycles. The second-order valence-corrected chi connectivity index (χ2v) is 24.5. The number of hydrogen-bond acceptors (Lipinski definition) is 10. The zero-order valence-electron chi connectivity index (χ0n) is 55.3. The van der Waals surface area contributed by atoms with Crippen LogP contribution in [0.1, 0.15) is 316 Å². The smallest absolute Gasteiger partial charge is 0.305 e. The maximum atomic E-state index is 13.0. The molecular formula is C75H133NO10. The molecule has 1 rings (SSSR count). The molecule has 0 bridgehead atoms. The number of rotatable bonds is 62. The maximum Gasteiger partial charge on any atom is 0.305 e. The molecule has 0 spiro atoms. The molecule has 1 saturated heterocycles. The largest absolute Gasteiger partial charge is 0.466 e. The Bertz CT molecular complexity index is 1710. The van der Waals surface area contributed by atoms with Crippen LogP contribution in [0.3, 0.4) is 0 Å². The molecule has 0 aromatic rings. The van der Waals surface area contributed by atoms with E-state index in [1.807, 2.05) is 6.08 Å². The standard InChI is InChI=1S/C75H133NO10/c1-3-5-7-9-11-13-15-16-17-18-30-34-37-40-43-47-51-55-59-63-71(80)84-64-60-56-52-48-44-41-38-35-32-29-27-25-23-21-19-20-22-24-26-28-31-33-36-39-42-46-50-54-58-62-70(79)76-67(66-85-75-74(83)73(82)72(81)69(65-77)86-75)68(78)61-57-53-49-45-14-12-10-8-6-4-2/h6,8,11,13-14,16-17,19,21,25,27,45,57,61,67-69,72-75,77-78,81-83H,3-5,7,9-10,12,15,18,20,22-24,26,28-44,46-56,58-60,62-66H2,1-2H3,(H,76,79)/b8-6+,13-11-,17-16-,21-19-,27-25-,45-14+,61-57+. The number of hydrogen-bond donors (Lipinski definition) is 6. The quantitative estimate of drug-likeness (QED) is 0.0195. The summed E-state index contributed by atoms with van der Waals surface area (Å²) in [5.41, 5.74) is 0. The Hall–Kier alpha value is -3.16. The van der Waals surface area contributed by atoms with Crippen LogP contribution in [0.2, 0.25) is 0 Å². The van der Waals surface area contributed by atoms with E-state index < -0.39 is 49.5 Å². The molecule has 0 radical (unpaired) electrons. The molecular weight excluding hydrogens is 1070 g/mol. The predicted molar refractivity (Wildman–Crippen MR) is 361 cm³/mol. The molecule has 0 aliphatic carbocycles. The molecule has 0 aromatic carbocycles. The molecule has 498 valence electrons. The van der Waals surface area contributed by atoms with E-state index in [4.69, 9.17) is 14.2 Å². The zero-order chi connectivity index (χ0) is 62.3. The minimum absolute atomic E-state index is 0.00161. The van der Waals surface area contributed by atoms with E-state index in [-0.39, 0.29) is 18.5 Å². The monoisotopic (exact) mass is 1210 g/mol. The van der Waals surface area contributed by atoms with Gasteiger partial charge in [0, 0.05) is 12.8 Å². The molecule has 7 unspecified atom stereocenters. The highest BCUT2D eigenvalue weighted by atomic mass is 16.7. The van der Waals surface area contributed by atoms with Crippen molar-refractivity contribution in [3.8, 4) is 0 Å². The van der Waals surface area contributed by atoms with Gasteiger partial charge < -0.3 is 45.1 Å². The summed E-state index contributed by atoms with van der Waals surface area (Å²) >= 11 is 0. The number of ether oxygens (including phenoxy) is 3. The van der Waals surface area contributed by atoms with Crippen LogP contribution in [0.25, 0.3) is 0 Å². The average molecular weight is 1210 g/mol. The fourth-order valence-electron chi connectivity index (χ4n) is 10.8. The van der Waals surface area contributed by atoms with Crippen molar-refractivity contribution in [1.82, 2.24) is 5.32 Å². The summed E-state index contributed by atoms with van der Waals surface area (Å²) in [6, 6.07) is -0.836. The lowest BCUT2D eigenvalue weighted by atomic mass is 9.99. The van der Waals surface area contributed by atoms with Gasteiger partial charge in [-0.25, -0.2) is 0 Å². The maximum absolute atomic E-state index is 13.0. The molecule has 1 aliphatic rings. The minimum atomic E-state index is -1.58. The minimum Gasteiger partial charge on any atom is -0.466 e. The van der Waals surface area contributed by atoms with Crippen LogP contribution < -0.4 is 5.32 Å². The Morgan fingerprint density at radius 1 is 0.442 bits per heavy atom. The van der Waals surface area contributed by atoms with Crippen molar-refractivity contribution in [3.05, 3.63) is 85.1 Å². The number of aliphatic hydroxyl groups is 5. The summed E-state index contributed by atoms with van der Waals surface area (Å²) in [4.78, 5) is 25.1. The lowest BCUT2D eigenvalue weighted by Gasteiger charge is -2.40. The third-order valence-electron chi connectivity index (χ3n) is 16.4. The van der Waals surface area contributed by atoms with Gasteiger partial charge in [0.05, 0.1) is 32.0 Å². The van der Waals surface area contributed by atoms with Crippen LogP contribution in [0, 0.1) is 0 Å². The van der Waals surface area contributed by atoms with Gasteiger partial charge in [-0.2, -0.15) is 0 Å². The number of carbonyl (C=O) groups excluding carboxylic acids is 2. The molecule has 1 heterocycles. The fraction of sp³-hybridized carbons (Fsp3) is 0.787. The van der Waals surface area contributed by atoms with Crippen molar-refractivity contribution in [2.24, 2.45) is 0 Å². The topological polar surface area (TPSA) is 175 Å². The molecule has 1 fully saturated rings. The second kappa shape index (κ2) is 63.4. The van der Waals surface area contributed by atoms with E-state index >= 15 is 0 Å². The van der Waals surface area contributed by atoms with Gasteiger partial charge >= 0.3 is 5.97 Å². The van der Waals surface area contributed by atoms with Crippen LogP contribution in [0.15, 0.2) is 85.1 Å². The van der Waals surface area contributed by atoms with Gasteiger partial charge in [-0.1, -0.05) is 272 Å². The molecule has 1 amide bonds. The van der Waals surface area contributed by atoms with Gasteiger partial charge in [0.2, 0.25) is 5.91 Å². The van der Waals surface area contributed by atoms with Crippen molar-refractivity contribution in [2.45, 2.75) is 358 Å². The van der Waals surface area contributed by atoms with E-state index in [9.17, 15) is 35.1 Å². The third kappa shape index (κ3) is 51.7. The van der Waals surface area contributed by atoms with Crippen molar-refractivity contribution >= 4 is 11.9 Å². The first kappa shape index (κ1) is 80.9. The predicted octanol–water partition coefficient (Wildman–Crippen LogP) is 18.5. The lowest BCUT2D eigenvalue weighted by molar-refractivity contribution is -0.302. The first-order chi connectivity index (χ1) is 42.2. The first-order valence-electron chi connectivity index (χ1n) is 35.9. The fourth-order valence-corrected chi connectivity index (χ4v) is 10.8. The van der Waals surface area contributed by atoms with Gasteiger partial charge in [-0.05, 0) is 116 Å². The van der Waals surface area contributed by atoms with Crippen LogP contribution in [0.5, 0.6) is 0 Å². The van der Waals surface area contributed by atoms with E-state index in [1.165, 1.54) is 205 Å². The molecule has 11 heteroatoms. The Kier molecular flexibility index (Phi) is 59.6. The average Bonchev–Trinajstić information content (AvgIpc) is 3.64. The Balaban J connectivity index is 1.94. The SMILES string of the molecule is CC/C=C/CC/C=C/CC/C=C/C(O)C(COC1OC(CO)C(O)C(O)C1O)NC(=O)CCCCCCCCCCCCCCC/C=C\C/C=C\CCCCCCCCCCCOC(=O)CCCCCCCCCCC/C=C\C/C=C\CCCCC. The van der Waals surface area contributed by atoms with E-state index in [0.717, 1.165) is 83.5 Å². The highest BCUT2D eigenvalue weighted by Gasteiger charge is 2.44. The molecule has 6 N–H and O–H groups in total. The number of carbonyl (C=O) groups is 2. The van der Waals surface area contributed by atoms with Crippen molar-refractivity contribution in [2.75, 3.05) is 19.8 Å². The van der Waals surface area contributed by atoms with Crippen molar-refractivity contribution in [1.29, 1.82) is 0 Å². The highest BCUT2D eigenvalue weighted by molar-refractivity contribution is 5.76. The van der Waals surface area contributed by atoms with Crippen molar-refractivity contribution < 1.29 is 49.3 Å². The van der Waals surface area contributed by atoms with Crippen LogP contribution in [-0.4, -0.2) is 100 Å². The summed E-state index contributed by atoms with van der Waals surface area (Å²) in [7, 11) is 0. The summed E-state index contributed by atoms with van der Waals surface area (Å²) in [5, 5.41) is 54.3. The molecule has 0 saturated carbocycles. The number of amides is 1. The van der Waals surface area contributed by atoms with Crippen molar-refractivity contribution in [3.63, 3.8) is 0 Å². The summed E-state index contributed by atoms with van der Waals surface area (Å²) in [6.07, 6.45) is 77.4. The molecule has 11 nitrogen and oxygen atoms in total. The number of unbranched alkanes of at least 4 members (excludes halogenated alkanes) is 36. The highest BCUT2D eigenvalue weighted by Crippen LogP contribution is 2.23. The van der Waals surface area contributed by atoms with Gasteiger partial charge in [-0.3, -0.25) is 9.59 Å². The number of esters is 1.